The minimum absolute atomic E-state index is 0.0738. The van der Waals surface area contributed by atoms with Crippen molar-refractivity contribution in [3.63, 3.8) is 0 Å². The minimum atomic E-state index is -0.341. The van der Waals surface area contributed by atoms with Crippen LogP contribution in [-0.4, -0.2) is 32.6 Å². The molecule has 2 aromatic heterocycles. The number of carbonyl (C=O) groups is 1. The number of amides is 1. The number of ether oxygens (including phenoxy) is 1. The molecule has 0 aliphatic heterocycles. The van der Waals surface area contributed by atoms with Gasteiger partial charge in [-0.05, 0) is 42.5 Å². The molecule has 1 amide bonds. The van der Waals surface area contributed by atoms with E-state index in [-0.39, 0.29) is 18.0 Å². The number of benzene rings is 1. The van der Waals surface area contributed by atoms with Crippen molar-refractivity contribution >= 4 is 44.9 Å². The molecule has 9 heteroatoms. The van der Waals surface area contributed by atoms with E-state index in [1.165, 1.54) is 11.3 Å². The number of anilines is 1. The molecule has 1 aromatic carbocycles. The van der Waals surface area contributed by atoms with Crippen LogP contribution in [0.2, 0.25) is 5.02 Å². The lowest BCUT2D eigenvalue weighted by Crippen LogP contribution is -2.14. The van der Waals surface area contributed by atoms with Crippen molar-refractivity contribution in [1.82, 2.24) is 20.6 Å². The molecule has 7 nitrogen and oxygen atoms in total. The van der Waals surface area contributed by atoms with Crippen LogP contribution >= 0.6 is 22.9 Å². The highest BCUT2D eigenvalue weighted by atomic mass is 35.5. The highest BCUT2D eigenvalue weighted by molar-refractivity contribution is 7.21. The first-order valence-electron chi connectivity index (χ1n) is 6.48. The molecule has 0 spiro atoms. The summed E-state index contributed by atoms with van der Waals surface area (Å²) < 4.78 is 6.74. The maximum Gasteiger partial charge on any atom is 0.271 e. The topological polar surface area (TPSA) is 92.8 Å². The Morgan fingerprint density at radius 3 is 2.95 bits per heavy atom. The van der Waals surface area contributed by atoms with Crippen LogP contribution in [0.3, 0.4) is 0 Å². The van der Waals surface area contributed by atoms with Crippen molar-refractivity contribution in [1.29, 1.82) is 0 Å². The molecule has 0 bridgehead atoms. The number of tetrazole rings is 1. The third-order valence-electron chi connectivity index (χ3n) is 2.74. The summed E-state index contributed by atoms with van der Waals surface area (Å²) in [4.78, 5) is 12.9. The summed E-state index contributed by atoms with van der Waals surface area (Å²) in [6.07, 6.45) is -0.0738. The van der Waals surface area contributed by atoms with Gasteiger partial charge in [-0.1, -0.05) is 16.7 Å². The maximum absolute atomic E-state index is 12.4. The van der Waals surface area contributed by atoms with Crippen LogP contribution < -0.4 is 10.1 Å². The van der Waals surface area contributed by atoms with Crippen LogP contribution in [0.15, 0.2) is 18.2 Å². The van der Waals surface area contributed by atoms with Gasteiger partial charge in [0.2, 0.25) is 5.95 Å². The number of nitrogens with one attached hydrogen (secondary N) is 2. The van der Waals surface area contributed by atoms with Crippen LogP contribution in [-0.2, 0) is 0 Å². The van der Waals surface area contributed by atoms with Gasteiger partial charge >= 0.3 is 0 Å². The van der Waals surface area contributed by atoms with Crippen LogP contribution in [0.25, 0.3) is 10.1 Å². The lowest BCUT2D eigenvalue weighted by atomic mass is 10.2. The molecule has 0 radical (unpaired) electrons. The predicted octanol–water partition coefficient (Wildman–Crippen LogP) is 3.11. The fourth-order valence-electron chi connectivity index (χ4n) is 1.93. The van der Waals surface area contributed by atoms with Crippen molar-refractivity contribution in [2.45, 2.75) is 20.0 Å². The smallest absolute Gasteiger partial charge is 0.271 e. The van der Waals surface area contributed by atoms with Crippen molar-refractivity contribution in [2.75, 3.05) is 5.32 Å². The quantitative estimate of drug-likeness (QED) is 0.763. The Balaban J connectivity index is 2.05. The number of halogens is 1. The van der Waals surface area contributed by atoms with Gasteiger partial charge in [-0.2, -0.15) is 0 Å². The van der Waals surface area contributed by atoms with E-state index in [1.54, 1.807) is 12.1 Å². The summed E-state index contributed by atoms with van der Waals surface area (Å²) in [6, 6.07) is 5.43. The first-order chi connectivity index (χ1) is 10.5. The summed E-state index contributed by atoms with van der Waals surface area (Å²) in [5, 5.41) is 16.9. The number of carbonyl (C=O) groups excluding carboxylic acids is 1. The first-order valence-corrected chi connectivity index (χ1v) is 7.68. The molecule has 3 rings (SSSR count). The third kappa shape index (κ3) is 2.88. The van der Waals surface area contributed by atoms with E-state index in [9.17, 15) is 4.79 Å². The van der Waals surface area contributed by atoms with Gasteiger partial charge in [-0.25, -0.2) is 5.10 Å². The number of aromatic nitrogens is 4. The molecule has 2 heterocycles. The van der Waals surface area contributed by atoms with Crippen molar-refractivity contribution < 1.29 is 9.53 Å². The number of H-pyrrole nitrogens is 1. The van der Waals surface area contributed by atoms with E-state index >= 15 is 0 Å². The molecule has 0 atom stereocenters. The molecule has 2 N–H and O–H groups in total. The normalized spacial score (nSPS) is 11.1. The lowest BCUT2D eigenvalue weighted by Gasteiger charge is -2.10. The Hall–Kier alpha value is -2.19. The SMILES string of the molecule is CC(C)Oc1c(C(=O)Nc2nnn[nH]2)sc2ccc(Cl)cc12. The molecule has 0 unspecified atom stereocenters. The molecular formula is C13H12ClN5O2S. The number of hydrogen-bond acceptors (Lipinski definition) is 6. The highest BCUT2D eigenvalue weighted by Gasteiger charge is 2.22. The number of thiophene rings is 1. The van der Waals surface area contributed by atoms with Gasteiger partial charge < -0.3 is 4.74 Å². The molecule has 114 valence electrons. The second-order valence-corrected chi connectivity index (χ2v) is 6.26. The van der Waals surface area contributed by atoms with E-state index in [0.717, 1.165) is 10.1 Å². The van der Waals surface area contributed by atoms with E-state index in [4.69, 9.17) is 16.3 Å². The van der Waals surface area contributed by atoms with Crippen molar-refractivity contribution in [3.05, 3.63) is 28.1 Å². The Labute approximate surface area is 134 Å². The number of hydrogen-bond donors (Lipinski definition) is 2. The summed E-state index contributed by atoms with van der Waals surface area (Å²) in [5.74, 6) is 0.352. The first kappa shape index (κ1) is 14.7. The number of rotatable bonds is 4. The van der Waals surface area contributed by atoms with E-state index in [2.05, 4.69) is 25.9 Å². The maximum atomic E-state index is 12.4. The molecule has 0 saturated carbocycles. The van der Waals surface area contributed by atoms with Crippen molar-refractivity contribution in [3.8, 4) is 5.75 Å². The predicted molar refractivity (Wildman–Crippen MR) is 84.7 cm³/mol. The zero-order valence-electron chi connectivity index (χ0n) is 11.8. The van der Waals surface area contributed by atoms with Gasteiger partial charge in [0.25, 0.3) is 5.91 Å². The van der Waals surface area contributed by atoms with Gasteiger partial charge in [0.1, 0.15) is 4.88 Å². The minimum Gasteiger partial charge on any atom is -0.489 e. The molecule has 0 aliphatic rings. The summed E-state index contributed by atoms with van der Waals surface area (Å²) in [5.41, 5.74) is 0. The van der Waals surface area contributed by atoms with Crippen molar-refractivity contribution in [2.24, 2.45) is 0 Å². The average Bonchev–Trinajstić information content (AvgIpc) is 3.07. The van der Waals surface area contributed by atoms with Gasteiger partial charge in [-0.15, -0.1) is 11.3 Å². The monoisotopic (exact) mass is 337 g/mol. The highest BCUT2D eigenvalue weighted by Crippen LogP contribution is 2.40. The lowest BCUT2D eigenvalue weighted by molar-refractivity contribution is 0.102. The molecular weight excluding hydrogens is 326 g/mol. The van der Waals surface area contributed by atoms with E-state index in [1.807, 2.05) is 19.9 Å². The number of fused-ring (bicyclic) bond motifs is 1. The summed E-state index contributed by atoms with van der Waals surface area (Å²) in [6.45, 7) is 3.80. The average molecular weight is 338 g/mol. The Kier molecular flexibility index (Phi) is 3.95. The van der Waals surface area contributed by atoms with Crippen LogP contribution in [0.5, 0.6) is 5.75 Å². The van der Waals surface area contributed by atoms with Gasteiger partial charge in [-0.3, -0.25) is 10.1 Å². The molecule has 3 aromatic rings. The summed E-state index contributed by atoms with van der Waals surface area (Å²) >= 11 is 7.37. The molecule has 0 fully saturated rings. The Morgan fingerprint density at radius 1 is 1.45 bits per heavy atom. The fraction of sp³-hybridized carbons (Fsp3) is 0.231. The zero-order valence-corrected chi connectivity index (χ0v) is 13.3. The summed E-state index contributed by atoms with van der Waals surface area (Å²) in [7, 11) is 0. The van der Waals surface area contributed by atoms with Crippen LogP contribution in [0, 0.1) is 0 Å². The fourth-order valence-corrected chi connectivity index (χ4v) is 3.11. The van der Waals surface area contributed by atoms with Gasteiger partial charge in [0.05, 0.1) is 6.10 Å². The van der Waals surface area contributed by atoms with Gasteiger partial charge in [0, 0.05) is 15.1 Å². The standard InChI is InChI=1S/C13H12ClN5O2S/c1-6(2)21-10-8-5-7(14)3-4-9(8)22-11(10)12(20)15-13-16-18-19-17-13/h3-6H,1-2H3,(H2,15,16,17,18,19,20). The van der Waals surface area contributed by atoms with E-state index < -0.39 is 0 Å². The second kappa shape index (κ2) is 5.90. The van der Waals surface area contributed by atoms with Crippen LogP contribution in [0.4, 0.5) is 5.95 Å². The molecule has 22 heavy (non-hydrogen) atoms. The Morgan fingerprint density at radius 2 is 2.27 bits per heavy atom. The zero-order chi connectivity index (χ0) is 15.7. The Bertz CT molecular complexity index is 815. The second-order valence-electron chi connectivity index (χ2n) is 4.77. The molecule has 0 aliphatic carbocycles. The molecule has 0 saturated heterocycles. The largest absolute Gasteiger partial charge is 0.489 e. The number of aromatic amines is 1. The van der Waals surface area contributed by atoms with Crippen LogP contribution in [0.1, 0.15) is 23.5 Å². The van der Waals surface area contributed by atoms with E-state index in [0.29, 0.717) is 15.6 Å². The van der Waals surface area contributed by atoms with Gasteiger partial charge in [0.15, 0.2) is 5.75 Å². The third-order valence-corrected chi connectivity index (χ3v) is 4.13. The number of nitrogens with zero attached hydrogens (tertiary/aromatic N) is 3.